The number of thiocarbonyl (C=S) groups is 1. The van der Waals surface area contributed by atoms with Crippen molar-refractivity contribution >= 4 is 23.1 Å². The Morgan fingerprint density at radius 1 is 1.44 bits per heavy atom. The summed E-state index contributed by atoms with van der Waals surface area (Å²) in [6, 6.07) is 1.10. The fraction of sp³-hybridized carbons (Fsp3) is 0.300. The summed E-state index contributed by atoms with van der Waals surface area (Å²) in [7, 11) is 0. The number of nitrogens with zero attached hydrogens (tertiary/aromatic N) is 1. The van der Waals surface area contributed by atoms with E-state index in [0.29, 0.717) is 0 Å². The minimum Gasteiger partial charge on any atom is -0.393 e. The quantitative estimate of drug-likeness (QED) is 0.732. The van der Waals surface area contributed by atoms with Crippen LogP contribution in [0.4, 0.5) is 13.2 Å². The molecule has 2 rings (SSSR count). The third-order valence-corrected chi connectivity index (χ3v) is 2.53. The Morgan fingerprint density at radius 3 is 2.17 bits per heavy atom. The average Bonchev–Trinajstić information content (AvgIpc) is 2.53. The summed E-state index contributed by atoms with van der Waals surface area (Å²) in [4.78, 5) is 10.0. The Morgan fingerprint density at radius 2 is 2.00 bits per heavy atom. The molecule has 0 aliphatic heterocycles. The second kappa shape index (κ2) is 4.42. The van der Waals surface area contributed by atoms with Crippen molar-refractivity contribution in [1.29, 1.82) is 5.26 Å². The van der Waals surface area contributed by atoms with E-state index in [9.17, 15) is 18.0 Å². The Kier molecular flexibility index (Phi) is 3.48. The molecule has 0 spiro atoms. The number of fused-ring (bicyclic) bond motifs is 1. The summed E-state index contributed by atoms with van der Waals surface area (Å²) in [5.74, 6) is -1.69. The van der Waals surface area contributed by atoms with Gasteiger partial charge in [-0.2, -0.15) is 5.26 Å². The lowest BCUT2D eigenvalue weighted by Gasteiger charge is -1.99. The van der Waals surface area contributed by atoms with E-state index in [-0.39, 0.29) is 11.4 Å². The summed E-state index contributed by atoms with van der Waals surface area (Å²) in [5.41, 5.74) is 3.72. The predicted octanol–water partition coefficient (Wildman–Crippen LogP) is 0.881. The van der Waals surface area contributed by atoms with Gasteiger partial charge in [0.05, 0.1) is 11.4 Å². The number of nitrogens with two attached hydrogens (primary N) is 2. The van der Waals surface area contributed by atoms with Crippen LogP contribution in [0.25, 0.3) is 0 Å². The first-order valence-corrected chi connectivity index (χ1v) is 5.05. The van der Waals surface area contributed by atoms with Crippen LogP contribution in [0.3, 0.4) is 0 Å². The van der Waals surface area contributed by atoms with Gasteiger partial charge in [-0.05, 0) is 6.08 Å². The number of hydrogen-bond donors (Lipinski definition) is 2. The molecule has 2 aliphatic carbocycles. The zero-order chi connectivity index (χ0) is 14.1. The van der Waals surface area contributed by atoms with Crippen LogP contribution in [0.15, 0.2) is 23.6 Å². The van der Waals surface area contributed by atoms with E-state index in [1.165, 1.54) is 0 Å². The fourth-order valence-electron chi connectivity index (χ4n) is 1.47. The Hall–Kier alpha value is -1.88. The first-order valence-electron chi connectivity index (χ1n) is 4.64. The third-order valence-electron chi connectivity index (χ3n) is 2.38. The van der Waals surface area contributed by atoms with Gasteiger partial charge < -0.3 is 11.5 Å². The molecule has 2 atom stereocenters. The predicted molar refractivity (Wildman–Crippen MR) is 61.2 cm³/mol. The van der Waals surface area contributed by atoms with E-state index >= 15 is 0 Å². The summed E-state index contributed by atoms with van der Waals surface area (Å²) in [6.45, 7) is 0. The van der Waals surface area contributed by atoms with Crippen LogP contribution in [0.5, 0.6) is 0 Å². The molecule has 4 N–H and O–H groups in total. The van der Waals surface area contributed by atoms with Gasteiger partial charge in [0.25, 0.3) is 5.67 Å². The second-order valence-electron chi connectivity index (χ2n) is 3.63. The smallest absolute Gasteiger partial charge is 0.265 e. The van der Waals surface area contributed by atoms with Gasteiger partial charge in [-0.25, -0.2) is 13.2 Å². The van der Waals surface area contributed by atoms with Gasteiger partial charge in [0.15, 0.2) is 0 Å². The van der Waals surface area contributed by atoms with Crippen LogP contribution in [-0.4, -0.2) is 22.2 Å². The first kappa shape index (κ1) is 14.2. The van der Waals surface area contributed by atoms with Crippen molar-refractivity contribution in [2.24, 2.45) is 11.5 Å². The zero-order valence-electron chi connectivity index (χ0n) is 8.91. The first-order chi connectivity index (χ1) is 8.20. The molecule has 0 aromatic rings. The third kappa shape index (κ3) is 1.97. The topological polar surface area (TPSA) is 92.9 Å². The molecule has 1 saturated carbocycles. The molecule has 2 aliphatic rings. The van der Waals surface area contributed by atoms with Gasteiger partial charge in [0, 0.05) is 5.57 Å². The number of allylic oxidation sites excluding steroid dienone is 4. The summed E-state index contributed by atoms with van der Waals surface area (Å²) in [6.07, 6.45) is 1.82. The highest BCUT2D eigenvalue weighted by Crippen LogP contribution is 2.66. The van der Waals surface area contributed by atoms with E-state index in [4.69, 9.17) is 11.0 Å². The number of alkyl halides is 2. The number of nitriles is 1. The van der Waals surface area contributed by atoms with Crippen molar-refractivity contribution in [3.8, 4) is 6.07 Å². The van der Waals surface area contributed by atoms with Crippen molar-refractivity contribution in [3.63, 3.8) is 0 Å². The van der Waals surface area contributed by atoms with Gasteiger partial charge in [-0.1, -0.05) is 18.3 Å². The molecule has 0 aromatic carbocycles. The van der Waals surface area contributed by atoms with Gasteiger partial charge in [0.2, 0.25) is 11.6 Å². The lowest BCUT2D eigenvalue weighted by Crippen LogP contribution is -2.19. The van der Waals surface area contributed by atoms with Crippen LogP contribution in [-0.2, 0) is 4.79 Å². The number of primary amides is 1. The highest BCUT2D eigenvalue weighted by molar-refractivity contribution is 7.80. The number of halogens is 3. The molecule has 8 heteroatoms. The molecule has 96 valence electrons. The van der Waals surface area contributed by atoms with Crippen LogP contribution in [0, 0.1) is 11.3 Å². The summed E-state index contributed by atoms with van der Waals surface area (Å²) >= 11 is 4.35. The summed E-state index contributed by atoms with van der Waals surface area (Å²) in [5, 5.41) is 8.15. The Bertz CT molecular complexity index is 513. The molecule has 0 radical (unpaired) electrons. The van der Waals surface area contributed by atoms with Crippen molar-refractivity contribution in [2.45, 2.75) is 17.8 Å². The maximum Gasteiger partial charge on any atom is 0.265 e. The average molecular weight is 275 g/mol. The molecule has 1 fully saturated rings. The van der Waals surface area contributed by atoms with Crippen LogP contribution >= 0.6 is 12.2 Å². The number of hydrogen-bond acceptors (Lipinski definition) is 3. The summed E-state index contributed by atoms with van der Waals surface area (Å²) < 4.78 is 38.4. The number of carbonyl (C=O) groups excluding carboxylic acids is 1. The largest absolute Gasteiger partial charge is 0.393 e. The maximum absolute atomic E-state index is 13.0. The van der Waals surface area contributed by atoms with Crippen molar-refractivity contribution < 1.29 is 18.0 Å². The molecule has 0 aromatic heterocycles. The van der Waals surface area contributed by atoms with E-state index in [1.54, 1.807) is 0 Å². The Labute approximate surface area is 106 Å². The van der Waals surface area contributed by atoms with E-state index in [0.717, 1.165) is 18.2 Å². The minimum atomic E-state index is -2.75. The normalized spacial score (nSPS) is 31.0. The molecular weight excluding hydrogens is 267 g/mol. The highest BCUT2D eigenvalue weighted by atomic mass is 32.1. The van der Waals surface area contributed by atoms with Crippen molar-refractivity contribution in [1.82, 2.24) is 0 Å². The van der Waals surface area contributed by atoms with Gasteiger partial charge in [-0.15, -0.1) is 0 Å². The molecule has 2 unspecified atom stereocenters. The second-order valence-corrected chi connectivity index (χ2v) is 4.16. The monoisotopic (exact) mass is 275 g/mol. The zero-order valence-corrected chi connectivity index (χ0v) is 9.73. The molecule has 0 saturated heterocycles. The number of rotatable bonds is 2. The lowest BCUT2D eigenvalue weighted by atomic mass is 10.2. The van der Waals surface area contributed by atoms with E-state index < -0.39 is 28.6 Å². The molecule has 18 heavy (non-hydrogen) atoms. The molecule has 4 nitrogen and oxygen atoms in total. The molecule has 0 bridgehead atoms. The molecule has 0 heterocycles. The van der Waals surface area contributed by atoms with Crippen LogP contribution < -0.4 is 11.5 Å². The number of carbonyl (C=O) groups is 1. The minimum absolute atomic E-state index is 0.00926. The van der Waals surface area contributed by atoms with Gasteiger partial charge in [0.1, 0.15) is 11.9 Å². The van der Waals surface area contributed by atoms with E-state index in [2.05, 4.69) is 18.0 Å². The number of amides is 1. The highest BCUT2D eigenvalue weighted by Gasteiger charge is 2.82. The fourth-order valence-corrected chi connectivity index (χ4v) is 1.61. The van der Waals surface area contributed by atoms with Gasteiger partial charge in [-0.3, -0.25) is 4.79 Å². The molecule has 1 amide bonds. The Balaban J connectivity index is 0.000000203. The standard InChI is InChI=1S/C7H2F3N.C3H6N2OS/c8-5-2-1-4-6(9,3-11)7(4,5)10;4-2(6)1-3(5)7/h1-2H;1H2,(H2,4,6)(H2,5,7). The SMILES string of the molecule is N#CC1(F)C2=CC=C(F)C21F.NC(=O)CC(N)=S. The van der Waals surface area contributed by atoms with Crippen molar-refractivity contribution in [3.05, 3.63) is 23.6 Å². The maximum atomic E-state index is 13.0. The molecular formula is C10H8F3N3OS. The van der Waals surface area contributed by atoms with Crippen LogP contribution in [0.2, 0.25) is 0 Å². The van der Waals surface area contributed by atoms with E-state index in [1.807, 2.05) is 0 Å². The van der Waals surface area contributed by atoms with Crippen molar-refractivity contribution in [2.75, 3.05) is 0 Å². The lowest BCUT2D eigenvalue weighted by molar-refractivity contribution is -0.116. The van der Waals surface area contributed by atoms with Crippen LogP contribution in [0.1, 0.15) is 6.42 Å². The van der Waals surface area contributed by atoms with Gasteiger partial charge >= 0.3 is 0 Å².